The van der Waals surface area contributed by atoms with E-state index in [1.165, 1.54) is 5.56 Å². The largest absolute Gasteiger partial charge is 0.340 e. The normalized spacial score (nSPS) is 12.6. The van der Waals surface area contributed by atoms with Crippen LogP contribution in [0.4, 0.5) is 0 Å². The van der Waals surface area contributed by atoms with E-state index in [0.29, 0.717) is 0 Å². The molecule has 2 aromatic rings. The monoisotopic (exact) mass is 215 g/mol. The number of aromatic nitrogens is 2. The molecule has 1 aromatic carbocycles. The molecule has 0 spiro atoms. The third-order valence-electron chi connectivity index (χ3n) is 2.69. The maximum atomic E-state index is 6.08. The Balaban J connectivity index is 1.91. The summed E-state index contributed by atoms with van der Waals surface area (Å²) in [5.41, 5.74) is 8.38. The van der Waals surface area contributed by atoms with E-state index in [1.54, 1.807) is 6.33 Å². The van der Waals surface area contributed by atoms with Crippen LogP contribution in [-0.2, 0) is 13.5 Å². The number of benzene rings is 1. The Kier molecular flexibility index (Phi) is 3.37. The average molecular weight is 215 g/mol. The van der Waals surface area contributed by atoms with Gasteiger partial charge < -0.3 is 10.3 Å². The Morgan fingerprint density at radius 3 is 2.69 bits per heavy atom. The van der Waals surface area contributed by atoms with Gasteiger partial charge in [0.1, 0.15) is 0 Å². The summed E-state index contributed by atoms with van der Waals surface area (Å²) in [4.78, 5) is 4.27. The van der Waals surface area contributed by atoms with Gasteiger partial charge in [-0.1, -0.05) is 30.3 Å². The number of rotatable bonds is 4. The second-order valence-corrected chi connectivity index (χ2v) is 4.09. The Labute approximate surface area is 95.9 Å². The van der Waals surface area contributed by atoms with Gasteiger partial charge in [0, 0.05) is 19.3 Å². The summed E-state index contributed by atoms with van der Waals surface area (Å²) in [6.45, 7) is 0. The molecule has 0 radical (unpaired) electrons. The molecule has 0 bridgehead atoms. The first kappa shape index (κ1) is 10.9. The highest BCUT2D eigenvalue weighted by molar-refractivity contribution is 5.15. The van der Waals surface area contributed by atoms with Crippen LogP contribution in [0.3, 0.4) is 0 Å². The van der Waals surface area contributed by atoms with Crippen molar-refractivity contribution in [3.05, 3.63) is 54.1 Å². The minimum atomic E-state index is 0.0291. The van der Waals surface area contributed by atoms with Gasteiger partial charge in [-0.2, -0.15) is 0 Å². The fraction of sp³-hybridized carbons (Fsp3) is 0.308. The summed E-state index contributed by atoms with van der Waals surface area (Å²) in [6.07, 6.45) is 5.70. The molecule has 0 aliphatic rings. The van der Waals surface area contributed by atoms with Crippen molar-refractivity contribution in [2.45, 2.75) is 18.9 Å². The molecule has 0 aliphatic carbocycles. The Morgan fingerprint density at radius 1 is 1.31 bits per heavy atom. The van der Waals surface area contributed by atoms with Crippen molar-refractivity contribution in [3.63, 3.8) is 0 Å². The second kappa shape index (κ2) is 4.94. The highest BCUT2D eigenvalue weighted by Gasteiger charge is 2.08. The highest BCUT2D eigenvalue weighted by atomic mass is 15.0. The van der Waals surface area contributed by atoms with Crippen molar-refractivity contribution in [1.82, 2.24) is 9.55 Å². The second-order valence-electron chi connectivity index (χ2n) is 4.09. The third kappa shape index (κ3) is 2.70. The van der Waals surface area contributed by atoms with Gasteiger partial charge >= 0.3 is 0 Å². The molecule has 2 N–H and O–H groups in total. The molecule has 16 heavy (non-hydrogen) atoms. The highest BCUT2D eigenvalue weighted by Crippen LogP contribution is 2.14. The Morgan fingerprint density at radius 2 is 2.06 bits per heavy atom. The number of hydrogen-bond acceptors (Lipinski definition) is 2. The number of aryl methyl sites for hydroxylation is 2. The Bertz CT molecular complexity index is 433. The standard InChI is InChI=1S/C13H17N3/c1-16-9-13(15-10-16)12(14)8-7-11-5-3-2-4-6-11/h2-6,9-10,12H,7-8,14H2,1H3. The minimum absolute atomic E-state index is 0.0291. The SMILES string of the molecule is Cn1cnc(C(N)CCc2ccccc2)c1. The lowest BCUT2D eigenvalue weighted by Gasteiger charge is -2.08. The molecule has 3 heteroatoms. The van der Waals surface area contributed by atoms with Crippen molar-refractivity contribution in [1.29, 1.82) is 0 Å². The smallest absolute Gasteiger partial charge is 0.0947 e. The van der Waals surface area contributed by atoms with E-state index in [0.717, 1.165) is 18.5 Å². The molecular formula is C13H17N3. The molecule has 0 aliphatic heterocycles. The van der Waals surface area contributed by atoms with Crippen LogP contribution in [0.15, 0.2) is 42.9 Å². The van der Waals surface area contributed by atoms with E-state index >= 15 is 0 Å². The van der Waals surface area contributed by atoms with Crippen molar-refractivity contribution in [2.24, 2.45) is 12.8 Å². The first-order chi connectivity index (χ1) is 7.75. The predicted molar refractivity (Wildman–Crippen MR) is 64.9 cm³/mol. The molecule has 1 aromatic heterocycles. The van der Waals surface area contributed by atoms with Gasteiger partial charge in [0.15, 0.2) is 0 Å². The molecular weight excluding hydrogens is 198 g/mol. The molecule has 0 amide bonds. The summed E-state index contributed by atoms with van der Waals surface area (Å²) in [6, 6.07) is 10.4. The zero-order valence-electron chi connectivity index (χ0n) is 9.50. The van der Waals surface area contributed by atoms with Gasteiger partial charge in [0.05, 0.1) is 12.0 Å². The van der Waals surface area contributed by atoms with E-state index in [2.05, 4.69) is 29.2 Å². The van der Waals surface area contributed by atoms with Crippen LogP contribution in [0.1, 0.15) is 23.7 Å². The first-order valence-corrected chi connectivity index (χ1v) is 5.53. The molecule has 0 saturated heterocycles. The van der Waals surface area contributed by atoms with Crippen LogP contribution >= 0.6 is 0 Å². The number of imidazole rings is 1. The van der Waals surface area contributed by atoms with E-state index in [4.69, 9.17) is 5.73 Å². The van der Waals surface area contributed by atoms with Gasteiger partial charge in [-0.25, -0.2) is 4.98 Å². The van der Waals surface area contributed by atoms with Crippen LogP contribution in [0.25, 0.3) is 0 Å². The first-order valence-electron chi connectivity index (χ1n) is 5.53. The zero-order chi connectivity index (χ0) is 11.4. The van der Waals surface area contributed by atoms with Crippen LogP contribution in [0.5, 0.6) is 0 Å². The quantitative estimate of drug-likeness (QED) is 0.848. The predicted octanol–water partition coefficient (Wildman–Crippen LogP) is 2.05. The van der Waals surface area contributed by atoms with Gasteiger partial charge in [-0.3, -0.25) is 0 Å². The molecule has 0 saturated carbocycles. The number of nitrogens with two attached hydrogens (primary N) is 1. The molecule has 0 fully saturated rings. The van der Waals surface area contributed by atoms with E-state index in [9.17, 15) is 0 Å². The summed E-state index contributed by atoms with van der Waals surface area (Å²) >= 11 is 0. The van der Waals surface area contributed by atoms with Gasteiger partial charge in [0.2, 0.25) is 0 Å². The minimum Gasteiger partial charge on any atom is -0.340 e. The van der Waals surface area contributed by atoms with Crippen molar-refractivity contribution < 1.29 is 0 Å². The zero-order valence-corrected chi connectivity index (χ0v) is 9.50. The molecule has 1 atom stereocenters. The molecule has 2 rings (SSSR count). The van der Waals surface area contributed by atoms with Crippen LogP contribution in [0.2, 0.25) is 0 Å². The van der Waals surface area contributed by atoms with E-state index in [1.807, 2.05) is 23.9 Å². The Hall–Kier alpha value is -1.61. The summed E-state index contributed by atoms with van der Waals surface area (Å²) < 4.78 is 1.93. The maximum Gasteiger partial charge on any atom is 0.0947 e. The molecule has 1 unspecified atom stereocenters. The topological polar surface area (TPSA) is 43.8 Å². The molecule has 3 nitrogen and oxygen atoms in total. The van der Waals surface area contributed by atoms with Crippen molar-refractivity contribution in [3.8, 4) is 0 Å². The van der Waals surface area contributed by atoms with Crippen LogP contribution < -0.4 is 5.73 Å². The van der Waals surface area contributed by atoms with Crippen molar-refractivity contribution in [2.75, 3.05) is 0 Å². The summed E-state index contributed by atoms with van der Waals surface area (Å²) in [7, 11) is 1.96. The van der Waals surface area contributed by atoms with Crippen molar-refractivity contribution >= 4 is 0 Å². The maximum absolute atomic E-state index is 6.08. The fourth-order valence-corrected chi connectivity index (χ4v) is 1.74. The van der Waals surface area contributed by atoms with E-state index < -0.39 is 0 Å². The van der Waals surface area contributed by atoms with Gasteiger partial charge in [0.25, 0.3) is 0 Å². The molecule has 84 valence electrons. The lowest BCUT2D eigenvalue weighted by atomic mass is 10.0. The summed E-state index contributed by atoms with van der Waals surface area (Å²) in [5.74, 6) is 0. The lowest BCUT2D eigenvalue weighted by Crippen LogP contribution is -2.11. The number of nitrogens with zero attached hydrogens (tertiary/aromatic N) is 2. The summed E-state index contributed by atoms with van der Waals surface area (Å²) in [5, 5.41) is 0. The van der Waals surface area contributed by atoms with Crippen LogP contribution in [0, 0.1) is 0 Å². The fourth-order valence-electron chi connectivity index (χ4n) is 1.74. The lowest BCUT2D eigenvalue weighted by molar-refractivity contribution is 0.636. The third-order valence-corrected chi connectivity index (χ3v) is 2.69. The van der Waals surface area contributed by atoms with Crippen LogP contribution in [-0.4, -0.2) is 9.55 Å². The number of hydrogen-bond donors (Lipinski definition) is 1. The molecule has 1 heterocycles. The van der Waals surface area contributed by atoms with Gasteiger partial charge in [-0.15, -0.1) is 0 Å². The van der Waals surface area contributed by atoms with E-state index in [-0.39, 0.29) is 6.04 Å². The van der Waals surface area contributed by atoms with Gasteiger partial charge in [-0.05, 0) is 18.4 Å². The average Bonchev–Trinajstić information content (AvgIpc) is 2.74.